The lowest BCUT2D eigenvalue weighted by Crippen LogP contribution is -2.02. The second-order valence-corrected chi connectivity index (χ2v) is 5.58. The maximum atomic E-state index is 10.2. The van der Waals surface area contributed by atoms with Gasteiger partial charge in [0, 0.05) is 28.0 Å². The van der Waals surface area contributed by atoms with Crippen molar-refractivity contribution in [2.45, 2.75) is 0 Å². The summed E-state index contributed by atoms with van der Waals surface area (Å²) >= 11 is 3.44. The lowest BCUT2D eigenvalue weighted by atomic mass is 10.0. The van der Waals surface area contributed by atoms with Gasteiger partial charge in [0.2, 0.25) is 0 Å². The third-order valence-corrected chi connectivity index (χ3v) is 3.81. The fourth-order valence-electron chi connectivity index (χ4n) is 2.43. The summed E-state index contributed by atoms with van der Waals surface area (Å²) in [5.74, 6) is 0.223. The summed E-state index contributed by atoms with van der Waals surface area (Å²) in [4.78, 5) is 7.24. The Labute approximate surface area is 129 Å². The van der Waals surface area contributed by atoms with E-state index in [4.69, 9.17) is 0 Å². The summed E-state index contributed by atoms with van der Waals surface area (Å²) in [5, 5.41) is 20.8. The molecule has 3 aromatic rings. The Kier molecular flexibility index (Phi) is 3.43. The highest BCUT2D eigenvalue weighted by molar-refractivity contribution is 9.10. The molecular formula is C16H13BrN2O2. The van der Waals surface area contributed by atoms with Crippen LogP contribution in [0.3, 0.4) is 0 Å². The first kappa shape index (κ1) is 13.7. The molecule has 0 aliphatic carbocycles. The van der Waals surface area contributed by atoms with E-state index in [-0.39, 0.29) is 11.6 Å². The van der Waals surface area contributed by atoms with Gasteiger partial charge in [-0.2, -0.15) is 0 Å². The van der Waals surface area contributed by atoms with Crippen molar-refractivity contribution < 1.29 is 10.2 Å². The molecule has 0 amide bonds. The number of nitrogens with zero attached hydrogens (tertiary/aromatic N) is 1. The summed E-state index contributed by atoms with van der Waals surface area (Å²) in [5.41, 5.74) is 2.81. The molecular weight excluding hydrogens is 332 g/mol. The van der Waals surface area contributed by atoms with E-state index < -0.39 is 0 Å². The van der Waals surface area contributed by atoms with Crippen LogP contribution in [-0.4, -0.2) is 28.0 Å². The molecule has 4 nitrogen and oxygen atoms in total. The van der Waals surface area contributed by atoms with E-state index in [1.54, 1.807) is 25.2 Å². The first-order chi connectivity index (χ1) is 10.1. The fraction of sp³-hybridized carbons (Fsp3) is 0.0625. The first-order valence-electron chi connectivity index (χ1n) is 6.37. The number of benzene rings is 2. The minimum atomic E-state index is 0.0621. The summed E-state index contributed by atoms with van der Waals surface area (Å²) in [6, 6.07) is 12.5. The number of phenols is 1. The number of hydrogen-bond acceptors (Lipinski definition) is 3. The Bertz CT molecular complexity index is 853. The molecule has 1 aromatic heterocycles. The smallest absolute Gasteiger partial charge is 0.199 e. The lowest BCUT2D eigenvalue weighted by molar-refractivity contribution is 0.457. The second kappa shape index (κ2) is 5.26. The van der Waals surface area contributed by atoms with Gasteiger partial charge in [0.05, 0.1) is 11.3 Å². The van der Waals surface area contributed by atoms with Crippen molar-refractivity contribution in [1.29, 1.82) is 0 Å². The first-order valence-corrected chi connectivity index (χ1v) is 7.16. The zero-order chi connectivity index (χ0) is 15.0. The monoisotopic (exact) mass is 344 g/mol. The molecule has 0 atom stereocenters. The van der Waals surface area contributed by atoms with Gasteiger partial charge in [0.15, 0.2) is 5.88 Å². The van der Waals surface area contributed by atoms with Crippen molar-refractivity contribution in [3.63, 3.8) is 0 Å². The number of nitrogens with one attached hydrogen (secondary N) is 1. The number of aromatic amines is 1. The van der Waals surface area contributed by atoms with Crippen LogP contribution in [0.15, 0.2) is 51.9 Å². The molecule has 0 aliphatic rings. The van der Waals surface area contributed by atoms with Crippen molar-refractivity contribution in [3.05, 3.63) is 58.1 Å². The molecule has 2 aromatic carbocycles. The van der Waals surface area contributed by atoms with Crippen LogP contribution in [0.4, 0.5) is 0 Å². The molecule has 0 fully saturated rings. The van der Waals surface area contributed by atoms with Gasteiger partial charge in [-0.1, -0.05) is 28.1 Å². The maximum absolute atomic E-state index is 10.2. The normalized spacial score (nSPS) is 12.0. The highest BCUT2D eigenvalue weighted by Crippen LogP contribution is 2.32. The maximum Gasteiger partial charge on any atom is 0.199 e. The number of phenolic OH excluding ortho intramolecular Hbond substituents is 1. The summed E-state index contributed by atoms with van der Waals surface area (Å²) in [6.07, 6.45) is 0. The van der Waals surface area contributed by atoms with E-state index in [0.717, 1.165) is 20.9 Å². The quantitative estimate of drug-likeness (QED) is 0.618. The van der Waals surface area contributed by atoms with E-state index in [0.29, 0.717) is 11.3 Å². The van der Waals surface area contributed by atoms with Gasteiger partial charge < -0.3 is 15.2 Å². The Morgan fingerprint density at radius 3 is 2.67 bits per heavy atom. The molecule has 0 saturated carbocycles. The number of halogens is 1. The van der Waals surface area contributed by atoms with Crippen LogP contribution >= 0.6 is 15.9 Å². The van der Waals surface area contributed by atoms with E-state index in [1.165, 1.54) is 0 Å². The van der Waals surface area contributed by atoms with Crippen LogP contribution in [-0.2, 0) is 0 Å². The zero-order valence-electron chi connectivity index (χ0n) is 11.3. The molecule has 0 bridgehead atoms. The van der Waals surface area contributed by atoms with Gasteiger partial charge in [-0.15, -0.1) is 0 Å². The molecule has 106 valence electrons. The molecule has 0 radical (unpaired) electrons. The Hall–Kier alpha value is -2.27. The Morgan fingerprint density at radius 1 is 1.14 bits per heavy atom. The largest absolute Gasteiger partial charge is 0.508 e. The molecule has 0 aliphatic heterocycles. The van der Waals surface area contributed by atoms with Gasteiger partial charge in [0.25, 0.3) is 0 Å². The SMILES string of the molecule is CN=C(c1cccc(O)c1)c1c(O)[nH]c2ccc(Br)cc12. The van der Waals surface area contributed by atoms with Crippen LogP contribution in [0.25, 0.3) is 10.9 Å². The Balaban J connectivity index is 2.27. The third kappa shape index (κ3) is 2.40. The molecule has 21 heavy (non-hydrogen) atoms. The van der Waals surface area contributed by atoms with E-state index in [2.05, 4.69) is 25.9 Å². The van der Waals surface area contributed by atoms with Crippen molar-refractivity contribution in [2.24, 2.45) is 4.99 Å². The van der Waals surface area contributed by atoms with Gasteiger partial charge in [-0.3, -0.25) is 4.99 Å². The number of rotatable bonds is 2. The molecule has 0 unspecified atom stereocenters. The zero-order valence-corrected chi connectivity index (χ0v) is 12.8. The minimum Gasteiger partial charge on any atom is -0.508 e. The van der Waals surface area contributed by atoms with Gasteiger partial charge in [-0.25, -0.2) is 0 Å². The lowest BCUT2D eigenvalue weighted by Gasteiger charge is -2.06. The summed E-state index contributed by atoms with van der Waals surface area (Å²) in [7, 11) is 1.66. The standard InChI is InChI=1S/C16H13BrN2O2/c1-18-15(9-3-2-4-11(20)7-9)14-12-8-10(17)5-6-13(12)19-16(14)21/h2-8,19-21H,1H3. The number of hydrogen-bond donors (Lipinski definition) is 3. The summed E-state index contributed by atoms with van der Waals surface area (Å²) < 4.78 is 0.918. The van der Waals surface area contributed by atoms with Crippen LogP contribution in [0.5, 0.6) is 11.6 Å². The topological polar surface area (TPSA) is 68.6 Å². The highest BCUT2D eigenvalue weighted by Gasteiger charge is 2.18. The van der Waals surface area contributed by atoms with Gasteiger partial charge >= 0.3 is 0 Å². The molecule has 0 spiro atoms. The molecule has 1 heterocycles. The van der Waals surface area contributed by atoms with Crippen molar-refractivity contribution in [3.8, 4) is 11.6 Å². The number of H-pyrrole nitrogens is 1. The molecule has 0 saturated heterocycles. The summed E-state index contributed by atoms with van der Waals surface area (Å²) in [6.45, 7) is 0. The number of fused-ring (bicyclic) bond motifs is 1. The molecule has 5 heteroatoms. The van der Waals surface area contributed by atoms with Gasteiger partial charge in [0.1, 0.15) is 5.75 Å². The molecule has 3 N–H and O–H groups in total. The van der Waals surface area contributed by atoms with Crippen molar-refractivity contribution >= 4 is 32.5 Å². The Morgan fingerprint density at radius 2 is 1.95 bits per heavy atom. The average Bonchev–Trinajstić information content (AvgIpc) is 2.76. The van der Waals surface area contributed by atoms with E-state index in [1.807, 2.05) is 24.3 Å². The van der Waals surface area contributed by atoms with Crippen molar-refractivity contribution in [2.75, 3.05) is 7.05 Å². The predicted molar refractivity (Wildman–Crippen MR) is 87.3 cm³/mol. The minimum absolute atomic E-state index is 0.0621. The number of aromatic hydroxyl groups is 2. The number of aliphatic imine (C=N–C) groups is 1. The van der Waals surface area contributed by atoms with Crippen LogP contribution < -0.4 is 0 Å². The van der Waals surface area contributed by atoms with Gasteiger partial charge in [-0.05, 0) is 30.3 Å². The highest BCUT2D eigenvalue weighted by atomic mass is 79.9. The van der Waals surface area contributed by atoms with Crippen LogP contribution in [0, 0.1) is 0 Å². The second-order valence-electron chi connectivity index (χ2n) is 4.66. The van der Waals surface area contributed by atoms with E-state index in [9.17, 15) is 10.2 Å². The number of aromatic nitrogens is 1. The van der Waals surface area contributed by atoms with Crippen LogP contribution in [0.1, 0.15) is 11.1 Å². The third-order valence-electron chi connectivity index (χ3n) is 3.32. The van der Waals surface area contributed by atoms with Crippen molar-refractivity contribution in [1.82, 2.24) is 4.98 Å². The predicted octanol–water partition coefficient (Wildman–Crippen LogP) is 3.81. The fourth-order valence-corrected chi connectivity index (χ4v) is 2.79. The van der Waals surface area contributed by atoms with E-state index >= 15 is 0 Å². The average molecular weight is 345 g/mol. The molecule has 3 rings (SSSR count). The van der Waals surface area contributed by atoms with Crippen LogP contribution in [0.2, 0.25) is 0 Å².